The molecule has 60 heavy (non-hydrogen) atoms. The van der Waals surface area contributed by atoms with E-state index in [0.717, 1.165) is 29.7 Å². The topological polar surface area (TPSA) is 111 Å². The summed E-state index contributed by atoms with van der Waals surface area (Å²) in [6, 6.07) is 31.0. The van der Waals surface area contributed by atoms with E-state index in [4.69, 9.17) is 56.8 Å². The smallest absolute Gasteiger partial charge is 0.143 e. The fourth-order valence-electron chi connectivity index (χ4n) is 5.98. The first-order valence-corrected chi connectivity index (χ1v) is 23.1. The molecule has 0 radical (unpaired) electrons. The maximum Gasteiger partial charge on any atom is 0.143 e. The van der Waals surface area contributed by atoms with Crippen LogP contribution in [0.1, 0.15) is 42.4 Å². The molecule has 0 atom stereocenters. The highest BCUT2D eigenvalue weighted by Gasteiger charge is 2.37. The second-order valence-electron chi connectivity index (χ2n) is 13.5. The van der Waals surface area contributed by atoms with Crippen LogP contribution >= 0.6 is 22.6 Å². The Morgan fingerprint density at radius 1 is 0.267 bits per heavy atom. The van der Waals surface area contributed by atoms with Gasteiger partial charge in [0, 0.05) is 6.61 Å². The van der Waals surface area contributed by atoms with E-state index in [0.29, 0.717) is 145 Å². The minimum absolute atomic E-state index is 0.416. The number of ether oxygens (including phenoxy) is 12. The quantitative estimate of drug-likeness (QED) is 0.0248. The first-order chi connectivity index (χ1) is 29.9. The summed E-state index contributed by atoms with van der Waals surface area (Å²) in [5, 5.41) is 0. The van der Waals surface area contributed by atoms with E-state index >= 15 is 0 Å². The Kier molecular flexibility index (Phi) is 33.6. The van der Waals surface area contributed by atoms with Crippen molar-refractivity contribution in [3.05, 3.63) is 108 Å². The average Bonchev–Trinajstić information content (AvgIpc) is 3.29. The minimum Gasteiger partial charge on any atom is -0.379 e. The number of hydrogen-bond acceptors (Lipinski definition) is 12. The van der Waals surface area contributed by atoms with Gasteiger partial charge in [0.1, 0.15) is 5.60 Å². The summed E-state index contributed by atoms with van der Waals surface area (Å²) in [6.07, 6.45) is 4.97. The second kappa shape index (κ2) is 38.6. The first kappa shape index (κ1) is 52.3. The van der Waals surface area contributed by atoms with Crippen molar-refractivity contribution in [3.63, 3.8) is 0 Å². The standard InChI is InChI=1S/C47H71IO12/c48-20-12-1-2-13-21-49-22-23-50-24-25-51-26-27-52-28-29-53-30-31-54-32-33-55-34-35-56-36-37-57-38-39-58-40-41-59-42-43-60-47(44-14-6-3-7-15-44,45-16-8-4-9-17-45)46-18-10-5-11-19-46/h3-11,14-19H,1-2,12-13,20-43H2. The Balaban J connectivity index is 1.01. The Hall–Kier alpha value is -2.09. The van der Waals surface area contributed by atoms with Crippen molar-refractivity contribution >= 4 is 22.6 Å². The number of rotatable bonds is 43. The van der Waals surface area contributed by atoms with Crippen LogP contribution < -0.4 is 0 Å². The number of halogens is 1. The third-order valence-electron chi connectivity index (χ3n) is 8.98. The summed E-state index contributed by atoms with van der Waals surface area (Å²) in [6.45, 7) is 12.1. The summed E-state index contributed by atoms with van der Waals surface area (Å²) in [4.78, 5) is 0. The lowest BCUT2D eigenvalue weighted by Crippen LogP contribution is -2.34. The number of benzene rings is 3. The van der Waals surface area contributed by atoms with Crippen LogP contribution in [0.3, 0.4) is 0 Å². The molecular weight excluding hydrogens is 883 g/mol. The molecule has 12 nitrogen and oxygen atoms in total. The van der Waals surface area contributed by atoms with Crippen LogP contribution in [-0.4, -0.2) is 156 Å². The van der Waals surface area contributed by atoms with Crippen LogP contribution in [0.15, 0.2) is 91.0 Å². The highest BCUT2D eigenvalue weighted by molar-refractivity contribution is 14.1. The Morgan fingerprint density at radius 2 is 0.500 bits per heavy atom. The molecule has 0 heterocycles. The van der Waals surface area contributed by atoms with Gasteiger partial charge in [0.05, 0.1) is 145 Å². The highest BCUT2D eigenvalue weighted by atomic mass is 127. The number of hydrogen-bond donors (Lipinski definition) is 0. The molecule has 0 bridgehead atoms. The maximum absolute atomic E-state index is 6.74. The van der Waals surface area contributed by atoms with E-state index in [1.165, 1.54) is 23.7 Å². The molecular formula is C47H71IO12. The molecule has 0 unspecified atom stereocenters. The van der Waals surface area contributed by atoms with Crippen molar-refractivity contribution in [1.29, 1.82) is 0 Å². The third kappa shape index (κ3) is 25.1. The van der Waals surface area contributed by atoms with Gasteiger partial charge in [0.25, 0.3) is 0 Å². The fraction of sp³-hybridized carbons (Fsp3) is 0.617. The van der Waals surface area contributed by atoms with E-state index in [9.17, 15) is 0 Å². The summed E-state index contributed by atoms with van der Waals surface area (Å²) in [5.74, 6) is 0. The molecule has 0 fully saturated rings. The fourth-order valence-corrected chi connectivity index (χ4v) is 6.52. The maximum atomic E-state index is 6.74. The third-order valence-corrected chi connectivity index (χ3v) is 9.74. The summed E-state index contributed by atoms with van der Waals surface area (Å²) < 4.78 is 69.4. The van der Waals surface area contributed by atoms with Gasteiger partial charge in [-0.25, -0.2) is 0 Å². The van der Waals surface area contributed by atoms with Gasteiger partial charge < -0.3 is 56.8 Å². The van der Waals surface area contributed by atoms with E-state index < -0.39 is 5.60 Å². The molecule has 3 aromatic rings. The monoisotopic (exact) mass is 954 g/mol. The second-order valence-corrected chi connectivity index (χ2v) is 14.5. The van der Waals surface area contributed by atoms with Crippen LogP contribution in [0.25, 0.3) is 0 Å². The molecule has 13 heteroatoms. The number of unbranched alkanes of at least 4 members (excludes halogenated alkanes) is 3. The molecule has 0 aliphatic carbocycles. The molecule has 0 aromatic heterocycles. The lowest BCUT2D eigenvalue weighted by molar-refractivity contribution is -0.0399. The van der Waals surface area contributed by atoms with Gasteiger partial charge in [0.15, 0.2) is 0 Å². The largest absolute Gasteiger partial charge is 0.379 e. The zero-order valence-electron chi connectivity index (χ0n) is 35.7. The summed E-state index contributed by atoms with van der Waals surface area (Å²) >= 11 is 2.42. The molecule has 0 spiro atoms. The average molecular weight is 955 g/mol. The van der Waals surface area contributed by atoms with Crippen LogP contribution in [-0.2, 0) is 62.4 Å². The molecule has 3 aromatic carbocycles. The molecule has 3 rings (SSSR count). The lowest BCUT2D eigenvalue weighted by atomic mass is 9.80. The molecule has 0 aliphatic heterocycles. The van der Waals surface area contributed by atoms with Crippen molar-refractivity contribution in [2.75, 3.05) is 156 Å². The van der Waals surface area contributed by atoms with Gasteiger partial charge in [-0.3, -0.25) is 0 Å². The first-order valence-electron chi connectivity index (χ1n) is 21.6. The predicted octanol–water partition coefficient (Wildman–Crippen LogP) is 7.17. The number of alkyl halides is 1. The van der Waals surface area contributed by atoms with Gasteiger partial charge in [-0.15, -0.1) is 0 Å². The molecule has 0 amide bonds. The zero-order valence-corrected chi connectivity index (χ0v) is 37.9. The van der Waals surface area contributed by atoms with Gasteiger partial charge in [0.2, 0.25) is 0 Å². The zero-order chi connectivity index (χ0) is 42.1. The van der Waals surface area contributed by atoms with E-state index in [1.54, 1.807) is 0 Å². The van der Waals surface area contributed by atoms with E-state index in [2.05, 4.69) is 59.0 Å². The predicted molar refractivity (Wildman–Crippen MR) is 242 cm³/mol. The Bertz CT molecular complexity index is 1230. The van der Waals surface area contributed by atoms with Crippen molar-refractivity contribution < 1.29 is 56.8 Å². The van der Waals surface area contributed by atoms with Gasteiger partial charge in [-0.2, -0.15) is 0 Å². The normalized spacial score (nSPS) is 11.8. The highest BCUT2D eigenvalue weighted by Crippen LogP contribution is 2.40. The van der Waals surface area contributed by atoms with Crippen molar-refractivity contribution in [2.45, 2.75) is 31.3 Å². The molecule has 0 saturated carbocycles. The summed E-state index contributed by atoms with van der Waals surface area (Å²) in [5.41, 5.74) is 2.45. The molecule has 0 N–H and O–H groups in total. The van der Waals surface area contributed by atoms with E-state index in [-0.39, 0.29) is 0 Å². The SMILES string of the molecule is ICCCCCCOCCOCCOCCOCCOCCOCCOCCOCCOCCOCCOCCOC(c1ccccc1)(c1ccccc1)c1ccccc1. The molecule has 0 aliphatic rings. The van der Waals surface area contributed by atoms with E-state index in [1.807, 2.05) is 54.6 Å². The van der Waals surface area contributed by atoms with Crippen molar-refractivity contribution in [1.82, 2.24) is 0 Å². The van der Waals surface area contributed by atoms with Gasteiger partial charge in [-0.05, 0) is 34.0 Å². The summed E-state index contributed by atoms with van der Waals surface area (Å²) in [7, 11) is 0. The van der Waals surface area contributed by atoms with Gasteiger partial charge >= 0.3 is 0 Å². The molecule has 0 saturated heterocycles. The minimum atomic E-state index is -0.752. The van der Waals surface area contributed by atoms with Crippen LogP contribution in [0.5, 0.6) is 0 Å². The Morgan fingerprint density at radius 3 is 0.767 bits per heavy atom. The van der Waals surface area contributed by atoms with Crippen LogP contribution in [0, 0.1) is 0 Å². The lowest BCUT2D eigenvalue weighted by Gasteiger charge is -2.36. The Labute approximate surface area is 373 Å². The molecule has 338 valence electrons. The van der Waals surface area contributed by atoms with Crippen molar-refractivity contribution in [3.8, 4) is 0 Å². The van der Waals surface area contributed by atoms with Gasteiger partial charge in [-0.1, -0.05) is 126 Å². The van der Waals surface area contributed by atoms with Crippen molar-refractivity contribution in [2.24, 2.45) is 0 Å². The van der Waals surface area contributed by atoms with Crippen LogP contribution in [0.2, 0.25) is 0 Å². The van der Waals surface area contributed by atoms with Crippen LogP contribution in [0.4, 0.5) is 0 Å².